The average Bonchev–Trinajstić information content (AvgIpc) is 2.62. The van der Waals surface area contributed by atoms with Gasteiger partial charge in [-0.05, 0) is 32.1 Å². The molecule has 2 N–H and O–H groups in total. The Labute approximate surface area is 158 Å². The van der Waals surface area contributed by atoms with Crippen molar-refractivity contribution in [2.24, 2.45) is 29.6 Å². The molecule has 26 heavy (non-hydrogen) atoms. The van der Waals surface area contributed by atoms with E-state index < -0.39 is 30.0 Å². The molecular formula is C21H38O5. The van der Waals surface area contributed by atoms with E-state index in [1.165, 1.54) is 7.11 Å². The summed E-state index contributed by atoms with van der Waals surface area (Å²) in [5, 5.41) is 20.6. The fourth-order valence-corrected chi connectivity index (χ4v) is 3.34. The lowest BCUT2D eigenvalue weighted by atomic mass is 9.83. The zero-order chi connectivity index (χ0) is 20.6. The first-order valence-corrected chi connectivity index (χ1v) is 9.62. The molecule has 0 saturated heterocycles. The molecule has 0 aliphatic heterocycles. The number of hydrogen-bond donors (Lipinski definition) is 2. The van der Waals surface area contributed by atoms with E-state index in [9.17, 15) is 19.8 Å². The first-order valence-electron chi connectivity index (χ1n) is 9.62. The fraction of sp³-hybridized carbons (Fsp3) is 0.810. The minimum atomic E-state index is -0.803. The summed E-state index contributed by atoms with van der Waals surface area (Å²) in [7, 11) is 1.31. The van der Waals surface area contributed by atoms with Crippen LogP contribution in [0.25, 0.3) is 0 Å². The smallest absolute Gasteiger partial charge is 0.311 e. The van der Waals surface area contributed by atoms with Gasteiger partial charge in [0.25, 0.3) is 0 Å². The van der Waals surface area contributed by atoms with Crippen LogP contribution in [0.4, 0.5) is 0 Å². The second kappa shape index (κ2) is 11.5. The van der Waals surface area contributed by atoms with Crippen LogP contribution in [0.1, 0.15) is 61.3 Å². The van der Waals surface area contributed by atoms with Gasteiger partial charge in [0.15, 0.2) is 0 Å². The van der Waals surface area contributed by atoms with Gasteiger partial charge in [-0.15, -0.1) is 0 Å². The summed E-state index contributed by atoms with van der Waals surface area (Å²) in [6.45, 7) is 13.0. The van der Waals surface area contributed by atoms with E-state index in [1.54, 1.807) is 13.8 Å². The summed E-state index contributed by atoms with van der Waals surface area (Å²) in [5.74, 6) is -1.76. The quantitative estimate of drug-likeness (QED) is 0.430. The fourth-order valence-electron chi connectivity index (χ4n) is 3.34. The summed E-state index contributed by atoms with van der Waals surface area (Å²) in [5.41, 5.74) is 0.986. The number of Topliss-reactive ketones (excluding diaryl/α,β-unsaturated/α-hetero) is 1. The lowest BCUT2D eigenvalue weighted by Gasteiger charge is -2.25. The molecule has 0 aliphatic rings. The van der Waals surface area contributed by atoms with Crippen LogP contribution in [0, 0.1) is 29.6 Å². The number of rotatable bonds is 11. The van der Waals surface area contributed by atoms with Crippen molar-refractivity contribution in [3.63, 3.8) is 0 Å². The van der Waals surface area contributed by atoms with Gasteiger partial charge >= 0.3 is 5.97 Å². The van der Waals surface area contributed by atoms with Crippen LogP contribution in [-0.2, 0) is 14.3 Å². The molecule has 0 unspecified atom stereocenters. The average molecular weight is 371 g/mol. The van der Waals surface area contributed by atoms with Crippen LogP contribution in [0.15, 0.2) is 11.6 Å². The number of aliphatic hydroxyl groups is 2. The Kier molecular flexibility index (Phi) is 11.0. The van der Waals surface area contributed by atoms with Gasteiger partial charge < -0.3 is 14.9 Å². The summed E-state index contributed by atoms with van der Waals surface area (Å²) in [4.78, 5) is 24.1. The zero-order valence-electron chi connectivity index (χ0n) is 17.7. The number of carbonyl (C=O) groups excluding carboxylic acids is 2. The highest BCUT2D eigenvalue weighted by molar-refractivity contribution is 5.85. The second-order valence-electron chi connectivity index (χ2n) is 7.85. The lowest BCUT2D eigenvalue weighted by molar-refractivity contribution is -0.149. The number of aliphatic hydroxyl groups excluding tert-OH is 2. The number of hydrogen-bond acceptors (Lipinski definition) is 5. The summed E-state index contributed by atoms with van der Waals surface area (Å²) >= 11 is 0. The number of carbonyl (C=O) groups is 2. The third kappa shape index (κ3) is 7.20. The van der Waals surface area contributed by atoms with Crippen LogP contribution in [0.5, 0.6) is 0 Å². The normalized spacial score (nSPS) is 20.5. The Morgan fingerprint density at radius 3 is 1.92 bits per heavy atom. The largest absolute Gasteiger partial charge is 0.469 e. The topological polar surface area (TPSA) is 83.8 Å². The highest BCUT2D eigenvalue weighted by Crippen LogP contribution is 2.24. The number of ketones is 1. The van der Waals surface area contributed by atoms with Crippen molar-refractivity contribution in [3.8, 4) is 0 Å². The van der Waals surface area contributed by atoms with E-state index in [0.29, 0.717) is 6.42 Å². The van der Waals surface area contributed by atoms with Crippen molar-refractivity contribution >= 4 is 11.8 Å². The molecule has 0 aromatic rings. The van der Waals surface area contributed by atoms with E-state index >= 15 is 0 Å². The Morgan fingerprint density at radius 1 is 0.962 bits per heavy atom. The van der Waals surface area contributed by atoms with Gasteiger partial charge in [-0.3, -0.25) is 9.59 Å². The summed E-state index contributed by atoms with van der Waals surface area (Å²) < 4.78 is 4.68. The first kappa shape index (κ1) is 24.8. The molecular weight excluding hydrogens is 332 g/mol. The third-order valence-electron chi connectivity index (χ3n) is 5.48. The number of ether oxygens (including phenoxy) is 1. The van der Waals surface area contributed by atoms with Gasteiger partial charge in [-0.2, -0.15) is 0 Å². The Hall–Kier alpha value is -1.20. The van der Waals surface area contributed by atoms with Crippen LogP contribution >= 0.6 is 0 Å². The van der Waals surface area contributed by atoms with E-state index in [1.807, 2.05) is 40.7 Å². The van der Waals surface area contributed by atoms with Crippen LogP contribution in [-0.4, -0.2) is 41.3 Å². The number of esters is 1. The van der Waals surface area contributed by atoms with E-state index in [2.05, 4.69) is 4.74 Å². The third-order valence-corrected chi connectivity index (χ3v) is 5.48. The Morgan fingerprint density at radius 2 is 1.46 bits per heavy atom. The molecule has 0 fully saturated rings. The molecule has 0 saturated carbocycles. The monoisotopic (exact) mass is 370 g/mol. The summed E-state index contributed by atoms with van der Waals surface area (Å²) in [6, 6.07) is 0. The van der Waals surface area contributed by atoms with Crippen molar-refractivity contribution in [3.05, 3.63) is 11.6 Å². The van der Waals surface area contributed by atoms with E-state index in [0.717, 1.165) is 12.0 Å². The molecule has 152 valence electrons. The summed E-state index contributed by atoms with van der Waals surface area (Å²) in [6.07, 6.45) is 1.88. The van der Waals surface area contributed by atoms with Gasteiger partial charge in [0.2, 0.25) is 0 Å². The molecule has 0 aromatic carbocycles. The molecule has 0 spiro atoms. The van der Waals surface area contributed by atoms with Crippen molar-refractivity contribution in [1.82, 2.24) is 0 Å². The first-order chi connectivity index (χ1) is 12.0. The van der Waals surface area contributed by atoms with E-state index in [4.69, 9.17) is 0 Å². The van der Waals surface area contributed by atoms with E-state index in [-0.39, 0.29) is 23.5 Å². The van der Waals surface area contributed by atoms with Crippen molar-refractivity contribution in [1.29, 1.82) is 0 Å². The molecule has 5 heteroatoms. The lowest BCUT2D eigenvalue weighted by Crippen LogP contribution is -2.34. The highest BCUT2D eigenvalue weighted by atomic mass is 16.5. The molecule has 5 nitrogen and oxygen atoms in total. The SMILES string of the molecule is CC[C@H](C)[C@H](O)[C@H](C)C(=O)[C@H](C)/C=C(\C)C[C@H](C)[C@H](O)[C@@H](C)C(=O)OC. The van der Waals surface area contributed by atoms with Gasteiger partial charge in [-0.25, -0.2) is 0 Å². The maximum Gasteiger partial charge on any atom is 0.311 e. The number of allylic oxidation sites excluding steroid dienone is 2. The maximum atomic E-state index is 12.6. The predicted molar refractivity (Wildman–Crippen MR) is 104 cm³/mol. The highest BCUT2D eigenvalue weighted by Gasteiger charge is 2.29. The molecule has 7 atom stereocenters. The Bertz CT molecular complexity index is 485. The molecule has 0 aliphatic carbocycles. The molecule has 0 amide bonds. The predicted octanol–water partition coefficient (Wildman–Crippen LogP) is 3.38. The molecule has 0 bridgehead atoms. The van der Waals surface area contributed by atoms with Crippen LogP contribution in [0.2, 0.25) is 0 Å². The van der Waals surface area contributed by atoms with Crippen LogP contribution < -0.4 is 0 Å². The van der Waals surface area contributed by atoms with Crippen molar-refractivity contribution in [2.45, 2.75) is 73.5 Å². The van der Waals surface area contributed by atoms with Gasteiger partial charge in [0.1, 0.15) is 5.78 Å². The van der Waals surface area contributed by atoms with Gasteiger partial charge in [-0.1, -0.05) is 52.7 Å². The minimum absolute atomic E-state index is 0.0216. The molecule has 0 heterocycles. The standard InChI is InChI=1S/C21H38O5/c1-9-13(3)18(22)16(6)19(23)14(4)10-12(2)11-15(5)20(24)17(7)21(25)26-8/h10,13-18,20,22,24H,9,11H2,1-8H3/b12-10+/t13-,14+,15-,16-,17+,18-,20-/m0/s1. The van der Waals surface area contributed by atoms with Gasteiger partial charge in [0, 0.05) is 11.8 Å². The minimum Gasteiger partial charge on any atom is -0.469 e. The molecule has 0 rings (SSSR count). The molecule has 0 radical (unpaired) electrons. The van der Waals surface area contributed by atoms with Crippen molar-refractivity contribution in [2.75, 3.05) is 7.11 Å². The number of methoxy groups -OCH3 is 1. The maximum absolute atomic E-state index is 12.6. The second-order valence-corrected chi connectivity index (χ2v) is 7.85. The van der Waals surface area contributed by atoms with Crippen molar-refractivity contribution < 1.29 is 24.5 Å². The zero-order valence-corrected chi connectivity index (χ0v) is 17.7. The van der Waals surface area contributed by atoms with Crippen LogP contribution in [0.3, 0.4) is 0 Å². The Balaban J connectivity index is 4.88. The van der Waals surface area contributed by atoms with Gasteiger partial charge in [0.05, 0.1) is 25.2 Å². The molecule has 0 aromatic heterocycles.